The molecular formula is C18H20N2O3S. The molecule has 1 aliphatic heterocycles. The quantitative estimate of drug-likeness (QED) is 0.905. The molecule has 1 heterocycles. The number of fused-ring (bicyclic) bond motifs is 1. The summed E-state index contributed by atoms with van der Waals surface area (Å²) in [5.74, 6) is 0.565. The molecule has 24 heavy (non-hydrogen) atoms. The zero-order valence-corrected chi connectivity index (χ0v) is 14.2. The lowest BCUT2D eigenvalue weighted by molar-refractivity contribution is -0.132. The molecule has 3 rings (SSSR count). The van der Waals surface area contributed by atoms with Crippen molar-refractivity contribution >= 4 is 40.0 Å². The normalized spacial score (nSPS) is 14.6. The minimum atomic E-state index is -0.0915. The van der Waals surface area contributed by atoms with Crippen molar-refractivity contribution in [2.75, 3.05) is 43.1 Å². The van der Waals surface area contributed by atoms with Gasteiger partial charge in [0, 0.05) is 24.2 Å². The fourth-order valence-corrected chi connectivity index (χ4v) is 3.37. The molecule has 0 aromatic heterocycles. The maximum absolute atomic E-state index is 12.1. The molecule has 1 aliphatic rings. The number of hydrogen-bond acceptors (Lipinski definition) is 4. The van der Waals surface area contributed by atoms with E-state index in [2.05, 4.69) is 5.32 Å². The number of nitrogens with zero attached hydrogens (tertiary/aromatic N) is 1. The van der Waals surface area contributed by atoms with E-state index in [1.165, 1.54) is 11.8 Å². The van der Waals surface area contributed by atoms with Gasteiger partial charge in [0.05, 0.1) is 24.7 Å². The Hall–Kier alpha value is -2.05. The molecule has 2 amide bonds. The minimum Gasteiger partial charge on any atom is -0.378 e. The topological polar surface area (TPSA) is 58.6 Å². The monoisotopic (exact) mass is 344 g/mol. The number of benzene rings is 2. The largest absolute Gasteiger partial charge is 0.378 e. The number of hydrogen-bond donors (Lipinski definition) is 1. The summed E-state index contributed by atoms with van der Waals surface area (Å²) >= 11 is 1.34. The third-order valence-electron chi connectivity index (χ3n) is 3.89. The highest BCUT2D eigenvalue weighted by Crippen LogP contribution is 2.23. The summed E-state index contributed by atoms with van der Waals surface area (Å²) in [5, 5.41) is 5.04. The van der Waals surface area contributed by atoms with E-state index in [1.807, 2.05) is 42.5 Å². The van der Waals surface area contributed by atoms with E-state index in [4.69, 9.17) is 4.74 Å². The van der Waals surface area contributed by atoms with Crippen LogP contribution in [0, 0.1) is 0 Å². The van der Waals surface area contributed by atoms with Crippen molar-refractivity contribution in [3.63, 3.8) is 0 Å². The van der Waals surface area contributed by atoms with Crippen molar-refractivity contribution in [3.05, 3.63) is 42.5 Å². The van der Waals surface area contributed by atoms with E-state index in [9.17, 15) is 9.59 Å². The predicted molar refractivity (Wildman–Crippen MR) is 97.3 cm³/mol. The predicted octanol–water partition coefficient (Wildman–Crippen LogP) is 2.37. The zero-order valence-electron chi connectivity index (χ0n) is 13.4. The summed E-state index contributed by atoms with van der Waals surface area (Å²) in [6.07, 6.45) is 0. The Morgan fingerprint density at radius 1 is 1.04 bits per heavy atom. The molecule has 0 atom stereocenters. The first-order valence-electron chi connectivity index (χ1n) is 7.95. The van der Waals surface area contributed by atoms with Gasteiger partial charge in [0.25, 0.3) is 0 Å². The molecule has 0 unspecified atom stereocenters. The summed E-state index contributed by atoms with van der Waals surface area (Å²) in [4.78, 5) is 26.0. The molecule has 0 radical (unpaired) electrons. The number of rotatable bonds is 5. The highest BCUT2D eigenvalue weighted by atomic mass is 32.2. The van der Waals surface area contributed by atoms with Crippen LogP contribution in [0.5, 0.6) is 0 Å². The lowest BCUT2D eigenvalue weighted by Gasteiger charge is -2.26. The van der Waals surface area contributed by atoms with Gasteiger partial charge in [-0.05, 0) is 11.5 Å². The van der Waals surface area contributed by atoms with Crippen LogP contribution in [0.25, 0.3) is 10.8 Å². The Morgan fingerprint density at radius 2 is 1.79 bits per heavy atom. The van der Waals surface area contributed by atoms with Crippen LogP contribution in [-0.4, -0.2) is 54.5 Å². The standard InChI is InChI=1S/C18H20N2O3S/c21-17(12-24-13-18(22)20-8-10-23-11-9-20)19-16-7-3-5-14-4-1-2-6-15(14)16/h1-7H,8-13H2,(H,19,21). The molecule has 2 aromatic carbocycles. The second-order valence-corrected chi connectivity index (χ2v) is 6.55. The van der Waals surface area contributed by atoms with Crippen molar-refractivity contribution in [2.45, 2.75) is 0 Å². The van der Waals surface area contributed by atoms with Crippen molar-refractivity contribution < 1.29 is 14.3 Å². The smallest absolute Gasteiger partial charge is 0.234 e. The van der Waals surface area contributed by atoms with Crippen LogP contribution in [0.2, 0.25) is 0 Å². The van der Waals surface area contributed by atoms with Crippen LogP contribution in [0.4, 0.5) is 5.69 Å². The van der Waals surface area contributed by atoms with E-state index >= 15 is 0 Å². The van der Waals surface area contributed by atoms with Gasteiger partial charge < -0.3 is 15.0 Å². The van der Waals surface area contributed by atoms with Crippen LogP contribution in [-0.2, 0) is 14.3 Å². The molecule has 0 spiro atoms. The summed E-state index contributed by atoms with van der Waals surface area (Å²) in [5.41, 5.74) is 0.804. The van der Waals surface area contributed by atoms with E-state index in [-0.39, 0.29) is 17.6 Å². The molecule has 0 saturated carbocycles. The summed E-state index contributed by atoms with van der Waals surface area (Å²) in [7, 11) is 0. The van der Waals surface area contributed by atoms with Crippen LogP contribution in [0.3, 0.4) is 0 Å². The van der Waals surface area contributed by atoms with Gasteiger partial charge in [0.1, 0.15) is 0 Å². The Balaban J connectivity index is 1.49. The van der Waals surface area contributed by atoms with Crippen molar-refractivity contribution in [1.82, 2.24) is 4.90 Å². The number of carbonyl (C=O) groups is 2. The number of thioether (sulfide) groups is 1. The lowest BCUT2D eigenvalue weighted by Crippen LogP contribution is -2.41. The molecule has 126 valence electrons. The lowest BCUT2D eigenvalue weighted by atomic mass is 10.1. The maximum atomic E-state index is 12.1. The van der Waals surface area contributed by atoms with Crippen molar-refractivity contribution in [3.8, 4) is 0 Å². The third-order valence-corrected chi connectivity index (χ3v) is 4.80. The molecular weight excluding hydrogens is 324 g/mol. The van der Waals surface area contributed by atoms with E-state index < -0.39 is 0 Å². The Bertz CT molecular complexity index is 724. The SMILES string of the molecule is O=C(CSCC(=O)N1CCOCC1)Nc1cccc2ccccc12. The highest BCUT2D eigenvalue weighted by Gasteiger charge is 2.17. The van der Waals surface area contributed by atoms with Gasteiger partial charge in [0.2, 0.25) is 11.8 Å². The van der Waals surface area contributed by atoms with E-state index in [0.717, 1.165) is 16.5 Å². The van der Waals surface area contributed by atoms with Crippen LogP contribution in [0.1, 0.15) is 0 Å². The molecule has 5 nitrogen and oxygen atoms in total. The third kappa shape index (κ3) is 4.27. The van der Waals surface area contributed by atoms with Gasteiger partial charge >= 0.3 is 0 Å². The maximum Gasteiger partial charge on any atom is 0.234 e. The fourth-order valence-electron chi connectivity index (χ4n) is 2.66. The van der Waals surface area contributed by atoms with Crippen molar-refractivity contribution in [1.29, 1.82) is 0 Å². The van der Waals surface area contributed by atoms with E-state index in [0.29, 0.717) is 32.1 Å². The van der Waals surface area contributed by atoms with Gasteiger partial charge in [-0.3, -0.25) is 9.59 Å². The number of morpholine rings is 1. The minimum absolute atomic E-state index is 0.0706. The number of amides is 2. The number of ether oxygens (including phenoxy) is 1. The van der Waals surface area contributed by atoms with Gasteiger partial charge in [-0.15, -0.1) is 11.8 Å². The first-order valence-corrected chi connectivity index (χ1v) is 9.10. The molecule has 1 N–H and O–H groups in total. The summed E-state index contributed by atoms with van der Waals surface area (Å²) in [6, 6.07) is 13.8. The van der Waals surface area contributed by atoms with Gasteiger partial charge in [-0.1, -0.05) is 36.4 Å². The number of nitrogens with one attached hydrogen (secondary N) is 1. The second-order valence-electron chi connectivity index (χ2n) is 5.56. The van der Waals surface area contributed by atoms with Crippen molar-refractivity contribution in [2.24, 2.45) is 0 Å². The second kappa shape index (κ2) is 8.17. The molecule has 0 aliphatic carbocycles. The highest BCUT2D eigenvalue weighted by molar-refractivity contribution is 8.00. The summed E-state index contributed by atoms with van der Waals surface area (Å²) in [6.45, 7) is 2.47. The fraction of sp³-hybridized carbons (Fsp3) is 0.333. The average molecular weight is 344 g/mol. The first-order chi connectivity index (χ1) is 11.7. The van der Waals surface area contributed by atoms with E-state index in [1.54, 1.807) is 4.90 Å². The van der Waals surface area contributed by atoms with Gasteiger partial charge in [-0.25, -0.2) is 0 Å². The van der Waals surface area contributed by atoms with Crippen LogP contribution >= 0.6 is 11.8 Å². The number of anilines is 1. The van der Waals surface area contributed by atoms with Gasteiger partial charge in [0.15, 0.2) is 0 Å². The van der Waals surface area contributed by atoms with Crippen LogP contribution < -0.4 is 5.32 Å². The Kier molecular flexibility index (Phi) is 5.72. The van der Waals surface area contributed by atoms with Gasteiger partial charge in [-0.2, -0.15) is 0 Å². The zero-order chi connectivity index (χ0) is 16.8. The first kappa shape index (κ1) is 16.8. The average Bonchev–Trinajstić information content (AvgIpc) is 2.63. The molecule has 1 saturated heterocycles. The molecule has 6 heteroatoms. The Labute approximate surface area is 145 Å². The molecule has 0 bridgehead atoms. The number of carbonyl (C=O) groups excluding carboxylic acids is 2. The summed E-state index contributed by atoms with van der Waals surface area (Å²) < 4.78 is 5.23. The molecule has 2 aromatic rings. The Morgan fingerprint density at radius 3 is 2.62 bits per heavy atom. The van der Waals surface area contributed by atoms with Crippen LogP contribution in [0.15, 0.2) is 42.5 Å². The molecule has 1 fully saturated rings.